The Labute approximate surface area is 78.6 Å². The molecule has 1 unspecified atom stereocenters. The maximum Gasteiger partial charge on any atom is 0.0991 e. The first-order valence-corrected chi connectivity index (χ1v) is 4.62. The molecule has 0 aliphatic heterocycles. The molecular formula is C9H6NO2S-. The summed E-state index contributed by atoms with van der Waals surface area (Å²) in [6.07, 6.45) is 1.46. The minimum atomic E-state index is -2.17. The molecular weight excluding hydrogens is 186 g/mol. The van der Waals surface area contributed by atoms with Crippen LogP contribution in [0.25, 0.3) is 6.08 Å². The van der Waals surface area contributed by atoms with Crippen molar-refractivity contribution in [2.75, 3.05) is 0 Å². The Balaban J connectivity index is 2.82. The number of nitriles is 1. The summed E-state index contributed by atoms with van der Waals surface area (Å²) in [7, 11) is 0. The van der Waals surface area contributed by atoms with E-state index in [-0.39, 0.29) is 0 Å². The van der Waals surface area contributed by atoms with Gasteiger partial charge in [0.25, 0.3) is 0 Å². The molecule has 0 aromatic heterocycles. The van der Waals surface area contributed by atoms with Crippen LogP contribution in [0.2, 0.25) is 0 Å². The molecule has 0 bridgehead atoms. The summed E-state index contributed by atoms with van der Waals surface area (Å²) < 4.78 is 20.3. The van der Waals surface area contributed by atoms with Crippen LogP contribution >= 0.6 is 0 Å². The van der Waals surface area contributed by atoms with Gasteiger partial charge in [0, 0.05) is 0 Å². The zero-order valence-corrected chi connectivity index (χ0v) is 7.45. The molecule has 0 spiro atoms. The van der Waals surface area contributed by atoms with Gasteiger partial charge in [0.2, 0.25) is 0 Å². The van der Waals surface area contributed by atoms with Crippen molar-refractivity contribution in [2.45, 2.75) is 0 Å². The lowest BCUT2D eigenvalue weighted by Crippen LogP contribution is -1.78. The molecule has 0 amide bonds. The molecule has 1 rings (SSSR count). The van der Waals surface area contributed by atoms with Crippen LogP contribution in [0.1, 0.15) is 11.1 Å². The van der Waals surface area contributed by atoms with E-state index in [1.54, 1.807) is 24.3 Å². The van der Waals surface area contributed by atoms with Gasteiger partial charge in [-0.15, -0.1) is 0 Å². The molecule has 0 radical (unpaired) electrons. The fourth-order valence-corrected chi connectivity index (χ4v) is 1.07. The van der Waals surface area contributed by atoms with Crippen LogP contribution < -0.4 is 0 Å². The van der Waals surface area contributed by atoms with Gasteiger partial charge in [-0.25, -0.2) is 0 Å². The highest BCUT2D eigenvalue weighted by Crippen LogP contribution is 2.05. The van der Waals surface area contributed by atoms with Crippen molar-refractivity contribution in [2.24, 2.45) is 0 Å². The third-order valence-electron chi connectivity index (χ3n) is 1.41. The topological polar surface area (TPSA) is 63.9 Å². The SMILES string of the molecule is N#Cc1ccc(/C=C/S(=O)[O-])cc1. The smallest absolute Gasteiger partial charge is 0.0991 e. The van der Waals surface area contributed by atoms with E-state index in [1.807, 2.05) is 6.07 Å². The summed E-state index contributed by atoms with van der Waals surface area (Å²) in [5.74, 6) is 0. The molecule has 0 saturated carbocycles. The number of hydrogen-bond donors (Lipinski definition) is 0. The van der Waals surface area contributed by atoms with Gasteiger partial charge >= 0.3 is 0 Å². The standard InChI is InChI=1S/C9H7NO2S/c10-7-9-3-1-8(2-4-9)5-6-13(11)12/h1-6H,(H,11,12)/p-1/b6-5+. The highest BCUT2D eigenvalue weighted by atomic mass is 32.2. The van der Waals surface area contributed by atoms with Crippen molar-refractivity contribution < 1.29 is 8.76 Å². The fraction of sp³-hybridized carbons (Fsp3) is 0. The molecule has 1 aromatic carbocycles. The first kappa shape index (κ1) is 9.65. The number of rotatable bonds is 2. The van der Waals surface area contributed by atoms with Crippen molar-refractivity contribution in [3.8, 4) is 6.07 Å². The van der Waals surface area contributed by atoms with Gasteiger partial charge in [-0.1, -0.05) is 12.1 Å². The molecule has 0 saturated heterocycles. The van der Waals surface area contributed by atoms with Crippen molar-refractivity contribution in [3.63, 3.8) is 0 Å². The summed E-state index contributed by atoms with van der Waals surface area (Å²) in [5.41, 5.74) is 1.31. The summed E-state index contributed by atoms with van der Waals surface area (Å²) in [6.45, 7) is 0. The van der Waals surface area contributed by atoms with Crippen LogP contribution in [-0.4, -0.2) is 8.76 Å². The molecule has 4 heteroatoms. The molecule has 1 atom stereocenters. The third-order valence-corrected chi connectivity index (χ3v) is 1.77. The Bertz CT molecular complexity index is 376. The van der Waals surface area contributed by atoms with E-state index in [0.717, 1.165) is 11.0 Å². The molecule has 0 fully saturated rings. The van der Waals surface area contributed by atoms with Crippen molar-refractivity contribution >= 4 is 17.2 Å². The van der Waals surface area contributed by atoms with Crippen LogP contribution in [-0.2, 0) is 11.1 Å². The summed E-state index contributed by atoms with van der Waals surface area (Å²) in [4.78, 5) is 0. The average molecular weight is 192 g/mol. The van der Waals surface area contributed by atoms with Crippen LogP contribution in [0.4, 0.5) is 0 Å². The lowest BCUT2D eigenvalue weighted by Gasteiger charge is -1.95. The Hall–Kier alpha value is -1.44. The van der Waals surface area contributed by atoms with E-state index in [2.05, 4.69) is 0 Å². The third kappa shape index (κ3) is 3.20. The first-order chi connectivity index (χ1) is 6.22. The van der Waals surface area contributed by atoms with E-state index < -0.39 is 11.1 Å². The number of nitrogens with zero attached hydrogens (tertiary/aromatic N) is 1. The first-order valence-electron chi connectivity index (χ1n) is 3.49. The minimum absolute atomic E-state index is 0.556. The second-order valence-electron chi connectivity index (χ2n) is 2.30. The largest absolute Gasteiger partial charge is 0.769 e. The molecule has 1 aromatic rings. The molecule has 13 heavy (non-hydrogen) atoms. The van der Waals surface area contributed by atoms with E-state index in [4.69, 9.17) is 5.26 Å². The molecule has 0 aliphatic rings. The summed E-state index contributed by atoms with van der Waals surface area (Å²) >= 11 is -2.17. The lowest BCUT2D eigenvalue weighted by molar-refractivity contribution is 0.546. The van der Waals surface area contributed by atoms with Gasteiger partial charge in [0.15, 0.2) is 0 Å². The lowest BCUT2D eigenvalue weighted by atomic mass is 10.1. The maximum atomic E-state index is 10.2. The highest BCUT2D eigenvalue weighted by Gasteiger charge is 1.88. The van der Waals surface area contributed by atoms with Gasteiger partial charge in [-0.2, -0.15) is 5.26 Å². The fourth-order valence-electron chi connectivity index (χ4n) is 0.803. The zero-order chi connectivity index (χ0) is 9.68. The van der Waals surface area contributed by atoms with Gasteiger partial charge in [0.05, 0.1) is 11.6 Å². The van der Waals surface area contributed by atoms with Crippen molar-refractivity contribution in [1.82, 2.24) is 0 Å². The van der Waals surface area contributed by atoms with Gasteiger partial charge in [-0.05, 0) is 40.3 Å². The maximum absolute atomic E-state index is 10.2. The van der Waals surface area contributed by atoms with Crippen LogP contribution in [0.3, 0.4) is 0 Å². The summed E-state index contributed by atoms with van der Waals surface area (Å²) in [6, 6.07) is 8.60. The van der Waals surface area contributed by atoms with E-state index in [9.17, 15) is 8.76 Å². The molecule has 3 nitrogen and oxygen atoms in total. The second kappa shape index (κ2) is 4.55. The van der Waals surface area contributed by atoms with Gasteiger partial charge in [-0.3, -0.25) is 4.21 Å². The minimum Gasteiger partial charge on any atom is -0.769 e. The van der Waals surface area contributed by atoms with Crippen LogP contribution in [0.15, 0.2) is 29.7 Å². The molecule has 66 valence electrons. The Morgan fingerprint density at radius 3 is 2.46 bits per heavy atom. The van der Waals surface area contributed by atoms with E-state index in [1.165, 1.54) is 6.08 Å². The number of hydrogen-bond acceptors (Lipinski definition) is 3. The van der Waals surface area contributed by atoms with E-state index in [0.29, 0.717) is 5.56 Å². The summed E-state index contributed by atoms with van der Waals surface area (Å²) in [5, 5.41) is 9.54. The Morgan fingerprint density at radius 2 is 2.00 bits per heavy atom. The van der Waals surface area contributed by atoms with Crippen LogP contribution in [0.5, 0.6) is 0 Å². The molecule has 0 N–H and O–H groups in total. The van der Waals surface area contributed by atoms with E-state index >= 15 is 0 Å². The van der Waals surface area contributed by atoms with Gasteiger partial charge < -0.3 is 4.55 Å². The Morgan fingerprint density at radius 1 is 1.38 bits per heavy atom. The quantitative estimate of drug-likeness (QED) is 0.665. The van der Waals surface area contributed by atoms with Gasteiger partial charge in [0.1, 0.15) is 0 Å². The molecule has 0 aliphatic carbocycles. The predicted molar refractivity (Wildman–Crippen MR) is 49.1 cm³/mol. The van der Waals surface area contributed by atoms with Crippen molar-refractivity contribution in [3.05, 3.63) is 40.8 Å². The monoisotopic (exact) mass is 192 g/mol. The highest BCUT2D eigenvalue weighted by molar-refractivity contribution is 7.82. The Kier molecular flexibility index (Phi) is 3.38. The predicted octanol–water partition coefficient (Wildman–Crippen LogP) is 1.41. The van der Waals surface area contributed by atoms with Crippen molar-refractivity contribution in [1.29, 1.82) is 5.26 Å². The number of benzene rings is 1. The second-order valence-corrected chi connectivity index (χ2v) is 3.09. The normalized spacial score (nSPS) is 12.6. The van der Waals surface area contributed by atoms with Crippen LogP contribution in [0, 0.1) is 11.3 Å². The zero-order valence-electron chi connectivity index (χ0n) is 6.64. The molecule has 0 heterocycles. The average Bonchev–Trinajstić information content (AvgIpc) is 2.15.